The summed E-state index contributed by atoms with van der Waals surface area (Å²) in [4.78, 5) is 36.5. The Kier molecular flexibility index (Phi) is 9.18. The van der Waals surface area contributed by atoms with Crippen LogP contribution in [0.5, 0.6) is 0 Å². The number of aliphatic hydroxyl groups is 1. The van der Waals surface area contributed by atoms with Crippen molar-refractivity contribution in [2.24, 2.45) is 0 Å². The number of methoxy groups -OCH3 is 1. The number of aliphatic hydroxyl groups excluding tert-OH is 1. The summed E-state index contributed by atoms with van der Waals surface area (Å²) in [5.74, 6) is -1.17. The minimum Gasteiger partial charge on any atom is -0.467 e. The molecule has 0 spiro atoms. The zero-order valence-electron chi connectivity index (χ0n) is 19.3. The fraction of sp³-hybridized carbons (Fsp3) is 0.320. The molecule has 0 aliphatic rings. The summed E-state index contributed by atoms with van der Waals surface area (Å²) in [5, 5.41) is 14.1. The van der Waals surface area contributed by atoms with Gasteiger partial charge in [0.05, 0.1) is 20.3 Å². The van der Waals surface area contributed by atoms with Crippen molar-refractivity contribution in [2.75, 3.05) is 13.7 Å². The second kappa shape index (κ2) is 11.8. The van der Waals surface area contributed by atoms with Gasteiger partial charge in [-0.1, -0.05) is 48.6 Å². The van der Waals surface area contributed by atoms with Crippen molar-refractivity contribution in [3.63, 3.8) is 0 Å². The van der Waals surface area contributed by atoms with Gasteiger partial charge in [-0.05, 0) is 49.6 Å². The summed E-state index contributed by atoms with van der Waals surface area (Å²) in [6, 6.07) is 13.3. The number of carbonyl (C=O) groups excluding carboxylic acids is 3. The number of amides is 2. The molecule has 8 heteroatoms. The van der Waals surface area contributed by atoms with Crippen LogP contribution in [-0.4, -0.2) is 48.4 Å². The number of hydrogen-bond acceptors (Lipinski definition) is 6. The zero-order valence-corrected chi connectivity index (χ0v) is 19.3. The maximum absolute atomic E-state index is 12.6. The van der Waals surface area contributed by atoms with E-state index < -0.39 is 29.6 Å². The third-order valence-electron chi connectivity index (χ3n) is 4.44. The Hall–Kier alpha value is -3.65. The quantitative estimate of drug-likeness (QED) is 0.417. The van der Waals surface area contributed by atoms with Crippen LogP contribution >= 0.6 is 0 Å². The van der Waals surface area contributed by atoms with Crippen molar-refractivity contribution in [3.8, 4) is 0 Å². The number of rotatable bonds is 8. The molecule has 2 aromatic rings. The van der Waals surface area contributed by atoms with Crippen LogP contribution in [0.3, 0.4) is 0 Å². The van der Waals surface area contributed by atoms with E-state index in [1.54, 1.807) is 45.0 Å². The lowest BCUT2D eigenvalue weighted by molar-refractivity contribution is -0.142. The number of hydrogen-bond donors (Lipinski definition) is 3. The highest BCUT2D eigenvalue weighted by atomic mass is 16.6. The van der Waals surface area contributed by atoms with Crippen LogP contribution in [0, 0.1) is 0 Å². The first-order chi connectivity index (χ1) is 15.6. The number of alkyl carbamates (subject to hydrolysis) is 1. The van der Waals surface area contributed by atoms with Gasteiger partial charge in [0.15, 0.2) is 0 Å². The van der Waals surface area contributed by atoms with Gasteiger partial charge >= 0.3 is 12.1 Å². The highest BCUT2D eigenvalue weighted by molar-refractivity contribution is 5.97. The van der Waals surface area contributed by atoms with Crippen molar-refractivity contribution in [2.45, 2.75) is 39.0 Å². The molecule has 0 heterocycles. The van der Waals surface area contributed by atoms with Crippen LogP contribution < -0.4 is 10.6 Å². The number of nitrogens with one attached hydrogen (secondary N) is 2. The average molecular weight is 455 g/mol. The lowest BCUT2D eigenvalue weighted by Gasteiger charge is -2.21. The summed E-state index contributed by atoms with van der Waals surface area (Å²) in [6.45, 7) is 4.98. The van der Waals surface area contributed by atoms with Gasteiger partial charge in [-0.3, -0.25) is 4.79 Å². The van der Waals surface area contributed by atoms with Crippen LogP contribution in [0.1, 0.15) is 47.8 Å². The van der Waals surface area contributed by atoms with Crippen LogP contribution in [0.4, 0.5) is 4.79 Å². The summed E-state index contributed by atoms with van der Waals surface area (Å²) in [6.07, 6.45) is 3.12. The van der Waals surface area contributed by atoms with Gasteiger partial charge < -0.3 is 25.2 Å². The van der Waals surface area contributed by atoms with E-state index in [4.69, 9.17) is 14.6 Å². The van der Waals surface area contributed by atoms with Gasteiger partial charge in [0.1, 0.15) is 11.6 Å². The minimum absolute atomic E-state index is 0.00141. The predicted molar refractivity (Wildman–Crippen MR) is 125 cm³/mol. The maximum Gasteiger partial charge on any atom is 0.407 e. The molecule has 2 amide bonds. The van der Waals surface area contributed by atoms with Crippen molar-refractivity contribution in [1.29, 1.82) is 0 Å². The molecule has 0 unspecified atom stereocenters. The van der Waals surface area contributed by atoms with Gasteiger partial charge in [-0.15, -0.1) is 0 Å². The molecule has 0 fully saturated rings. The first-order valence-electron chi connectivity index (χ1n) is 10.4. The molecule has 1 atom stereocenters. The van der Waals surface area contributed by atoms with E-state index >= 15 is 0 Å². The van der Waals surface area contributed by atoms with E-state index in [9.17, 15) is 14.4 Å². The second-order valence-corrected chi connectivity index (χ2v) is 8.29. The zero-order chi connectivity index (χ0) is 24.4. The molecule has 0 saturated heterocycles. The highest BCUT2D eigenvalue weighted by Gasteiger charge is 2.24. The molecule has 2 rings (SSSR count). The maximum atomic E-state index is 12.6. The van der Waals surface area contributed by atoms with Crippen LogP contribution in [-0.2, 0) is 20.9 Å². The molecule has 0 radical (unpaired) electrons. The predicted octanol–water partition coefficient (Wildman–Crippen LogP) is 3.15. The van der Waals surface area contributed by atoms with Gasteiger partial charge in [0.25, 0.3) is 5.91 Å². The van der Waals surface area contributed by atoms with Gasteiger partial charge in [-0.2, -0.15) is 0 Å². The third kappa shape index (κ3) is 8.78. The van der Waals surface area contributed by atoms with Crippen LogP contribution in [0.15, 0.2) is 48.5 Å². The van der Waals surface area contributed by atoms with Gasteiger partial charge in [-0.25, -0.2) is 9.59 Å². The average Bonchev–Trinajstić information content (AvgIpc) is 2.79. The van der Waals surface area contributed by atoms with Crippen LogP contribution in [0.25, 0.3) is 12.2 Å². The van der Waals surface area contributed by atoms with E-state index in [1.807, 2.05) is 36.4 Å². The van der Waals surface area contributed by atoms with Crippen molar-refractivity contribution < 1.29 is 29.0 Å². The molecule has 0 aliphatic heterocycles. The van der Waals surface area contributed by atoms with Crippen molar-refractivity contribution in [3.05, 3.63) is 70.8 Å². The van der Waals surface area contributed by atoms with E-state index in [1.165, 1.54) is 7.11 Å². The van der Waals surface area contributed by atoms with Crippen LogP contribution in [0.2, 0.25) is 0 Å². The van der Waals surface area contributed by atoms with E-state index in [0.717, 1.165) is 16.7 Å². The summed E-state index contributed by atoms with van der Waals surface area (Å²) >= 11 is 0. The lowest BCUT2D eigenvalue weighted by Crippen LogP contribution is -2.49. The molecule has 0 aliphatic carbocycles. The molecule has 3 N–H and O–H groups in total. The Morgan fingerprint density at radius 2 is 1.52 bits per heavy atom. The Morgan fingerprint density at radius 3 is 2.00 bits per heavy atom. The summed E-state index contributed by atoms with van der Waals surface area (Å²) in [7, 11) is 1.20. The fourth-order valence-corrected chi connectivity index (χ4v) is 2.75. The van der Waals surface area contributed by atoms with Crippen molar-refractivity contribution in [1.82, 2.24) is 10.6 Å². The lowest BCUT2D eigenvalue weighted by atomic mass is 10.1. The standard InChI is InChI=1S/C25H30N2O6/c1-25(2,3)33-24(31)26-15-21(23(30)32-4)27-22(29)20-13-11-18(12-14-20)6-5-17-7-9-19(16-28)10-8-17/h5-14,21,28H,15-16H2,1-4H3,(H,26,31)(H,27,29)/b6-5+/t21-/m0/s1. The Morgan fingerprint density at radius 1 is 0.970 bits per heavy atom. The third-order valence-corrected chi connectivity index (χ3v) is 4.44. The van der Waals surface area contributed by atoms with E-state index in [0.29, 0.717) is 5.56 Å². The van der Waals surface area contributed by atoms with Gasteiger partial charge in [0.2, 0.25) is 0 Å². The van der Waals surface area contributed by atoms with E-state index in [2.05, 4.69) is 10.6 Å². The number of esters is 1. The van der Waals surface area contributed by atoms with Crippen molar-refractivity contribution >= 4 is 30.1 Å². The minimum atomic E-state index is -1.07. The Bertz CT molecular complexity index is 975. The molecule has 8 nitrogen and oxygen atoms in total. The number of ether oxygens (including phenoxy) is 2. The second-order valence-electron chi connectivity index (χ2n) is 8.29. The highest BCUT2D eigenvalue weighted by Crippen LogP contribution is 2.12. The summed E-state index contributed by atoms with van der Waals surface area (Å²) in [5.41, 5.74) is 2.37. The molecular formula is C25H30N2O6. The molecule has 0 aromatic heterocycles. The normalized spacial score (nSPS) is 12.2. The smallest absolute Gasteiger partial charge is 0.407 e. The van der Waals surface area contributed by atoms with E-state index in [-0.39, 0.29) is 13.2 Å². The SMILES string of the molecule is COC(=O)[C@H](CNC(=O)OC(C)(C)C)NC(=O)c1ccc(/C=C/c2ccc(CO)cc2)cc1. The molecule has 2 aromatic carbocycles. The molecule has 176 valence electrons. The number of benzene rings is 2. The Labute approximate surface area is 193 Å². The summed E-state index contributed by atoms with van der Waals surface area (Å²) < 4.78 is 9.86. The molecule has 0 saturated carbocycles. The molecule has 0 bridgehead atoms. The molecule has 33 heavy (non-hydrogen) atoms. The monoisotopic (exact) mass is 454 g/mol. The Balaban J connectivity index is 1.98. The topological polar surface area (TPSA) is 114 Å². The first kappa shape index (κ1) is 25.6. The first-order valence-corrected chi connectivity index (χ1v) is 10.4. The largest absolute Gasteiger partial charge is 0.467 e. The molecular weight excluding hydrogens is 424 g/mol. The number of carbonyl (C=O) groups is 3. The van der Waals surface area contributed by atoms with Gasteiger partial charge in [0, 0.05) is 5.56 Å². The fourth-order valence-electron chi connectivity index (χ4n) is 2.75.